The van der Waals surface area contributed by atoms with E-state index in [1.807, 2.05) is 67.6 Å². The Bertz CT molecular complexity index is 1400. The van der Waals surface area contributed by atoms with E-state index in [0.717, 1.165) is 10.8 Å². The molecule has 0 radical (unpaired) electrons. The van der Waals surface area contributed by atoms with Crippen LogP contribution < -0.4 is 15.1 Å². The second-order valence-corrected chi connectivity index (χ2v) is 8.87. The third-order valence-electron chi connectivity index (χ3n) is 7.27. The van der Waals surface area contributed by atoms with Crippen molar-refractivity contribution in [3.63, 3.8) is 0 Å². The van der Waals surface area contributed by atoms with Crippen LogP contribution in [-0.4, -0.2) is 30.3 Å². The zero-order valence-corrected chi connectivity index (χ0v) is 18.0. The highest BCUT2D eigenvalue weighted by Crippen LogP contribution is 2.55. The maximum absolute atomic E-state index is 14.0. The highest BCUT2D eigenvalue weighted by atomic mass is 16.2. The molecule has 6 heteroatoms. The van der Waals surface area contributed by atoms with E-state index in [1.165, 1.54) is 9.80 Å². The lowest BCUT2D eigenvalue weighted by Crippen LogP contribution is -2.55. The number of rotatable bonds is 2. The summed E-state index contributed by atoms with van der Waals surface area (Å²) in [7, 11) is 0. The number of imide groups is 1. The first kappa shape index (κ1) is 19.7. The minimum absolute atomic E-state index is 0.0974. The van der Waals surface area contributed by atoms with E-state index < -0.39 is 17.4 Å². The average Bonchev–Trinajstić information content (AvgIpc) is 3.37. The Morgan fingerprint density at radius 3 is 2.45 bits per heavy atom. The fraction of sp³-hybridized carbons (Fsp3) is 0.222. The summed E-state index contributed by atoms with van der Waals surface area (Å²) in [5, 5.41) is 5.13. The summed E-state index contributed by atoms with van der Waals surface area (Å²) in [5.41, 5.74) is 0.623. The quantitative estimate of drug-likeness (QED) is 0.497. The molecule has 1 spiro atoms. The maximum atomic E-state index is 14.0. The third-order valence-corrected chi connectivity index (χ3v) is 7.27. The average molecular weight is 435 g/mol. The van der Waals surface area contributed by atoms with Crippen molar-refractivity contribution in [1.29, 1.82) is 0 Å². The van der Waals surface area contributed by atoms with Gasteiger partial charge in [0, 0.05) is 17.0 Å². The Morgan fingerprint density at radius 2 is 1.64 bits per heavy atom. The third kappa shape index (κ3) is 2.35. The molecule has 6 rings (SSSR count). The standard InChI is InChI=1S/C27H21N3O3/c1-3-15-29-21-13-7-6-12-19(21)27(26(29)33)23-22(16(2)28-27)24(31)30(25(23)32)20-14-8-10-17-9-4-5-11-18(17)20/h1,4-14,16,22-23,28H,15H2,2H3/t16-,22-,23-,27+/m1/s1. The van der Waals surface area contributed by atoms with E-state index >= 15 is 0 Å². The number of para-hydroxylation sites is 1. The van der Waals surface area contributed by atoms with Gasteiger partial charge < -0.3 is 0 Å². The summed E-state index contributed by atoms with van der Waals surface area (Å²) in [6.45, 7) is 1.96. The molecule has 3 aliphatic heterocycles. The van der Waals surface area contributed by atoms with Crippen LogP contribution in [0.5, 0.6) is 0 Å². The van der Waals surface area contributed by atoms with Crippen molar-refractivity contribution in [3.05, 3.63) is 72.3 Å². The summed E-state index contributed by atoms with van der Waals surface area (Å²) in [5.74, 6) is 0.131. The molecular formula is C27H21N3O3. The minimum Gasteiger partial charge on any atom is -0.298 e. The molecule has 0 aromatic heterocycles. The van der Waals surface area contributed by atoms with Crippen molar-refractivity contribution in [2.24, 2.45) is 11.8 Å². The lowest BCUT2D eigenvalue weighted by Gasteiger charge is -2.30. The van der Waals surface area contributed by atoms with Crippen molar-refractivity contribution >= 4 is 39.9 Å². The largest absolute Gasteiger partial charge is 0.298 e. The van der Waals surface area contributed by atoms with Crippen LogP contribution in [0.25, 0.3) is 10.8 Å². The van der Waals surface area contributed by atoms with Gasteiger partial charge in [0.25, 0.3) is 5.91 Å². The Balaban J connectivity index is 1.54. The molecule has 2 saturated heterocycles. The fourth-order valence-electron chi connectivity index (χ4n) is 6.00. The summed E-state index contributed by atoms with van der Waals surface area (Å²) in [6, 6.07) is 20.2. The van der Waals surface area contributed by atoms with Gasteiger partial charge >= 0.3 is 0 Å². The summed E-state index contributed by atoms with van der Waals surface area (Å²) in [6.07, 6.45) is 5.56. The highest BCUT2D eigenvalue weighted by molar-refractivity contribution is 6.28. The monoisotopic (exact) mass is 435 g/mol. The number of nitrogens with zero attached hydrogens (tertiary/aromatic N) is 2. The second kappa shape index (κ2) is 6.77. The van der Waals surface area contributed by atoms with Gasteiger partial charge in [-0.05, 0) is 24.4 Å². The molecule has 3 amide bonds. The van der Waals surface area contributed by atoms with Crippen LogP contribution in [0.2, 0.25) is 0 Å². The highest BCUT2D eigenvalue weighted by Gasteiger charge is 2.71. The molecule has 4 atom stereocenters. The molecule has 0 aliphatic carbocycles. The van der Waals surface area contributed by atoms with Crippen molar-refractivity contribution in [2.45, 2.75) is 18.5 Å². The first-order valence-corrected chi connectivity index (χ1v) is 11.0. The number of anilines is 2. The summed E-state index contributed by atoms with van der Waals surface area (Å²) < 4.78 is 0. The molecular weight excluding hydrogens is 414 g/mol. The van der Waals surface area contributed by atoms with Crippen molar-refractivity contribution in [1.82, 2.24) is 5.32 Å². The van der Waals surface area contributed by atoms with Crippen LogP contribution in [0, 0.1) is 24.2 Å². The van der Waals surface area contributed by atoms with Gasteiger partial charge in [-0.2, -0.15) is 0 Å². The van der Waals surface area contributed by atoms with Crippen LogP contribution in [0.1, 0.15) is 12.5 Å². The van der Waals surface area contributed by atoms with E-state index in [0.29, 0.717) is 16.9 Å². The first-order valence-electron chi connectivity index (χ1n) is 11.0. The van der Waals surface area contributed by atoms with Gasteiger partial charge in [0.15, 0.2) is 0 Å². The van der Waals surface area contributed by atoms with Gasteiger partial charge in [0.05, 0.1) is 29.8 Å². The molecule has 2 fully saturated rings. The summed E-state index contributed by atoms with van der Waals surface area (Å²) >= 11 is 0. The number of carbonyl (C=O) groups excluding carboxylic acids is 3. The topological polar surface area (TPSA) is 69.7 Å². The number of hydrogen-bond acceptors (Lipinski definition) is 4. The van der Waals surface area contributed by atoms with E-state index in [9.17, 15) is 14.4 Å². The number of carbonyl (C=O) groups is 3. The zero-order chi connectivity index (χ0) is 22.9. The van der Waals surface area contributed by atoms with Crippen molar-refractivity contribution in [3.8, 4) is 12.3 Å². The number of benzene rings is 3. The molecule has 0 unspecified atom stereocenters. The minimum atomic E-state index is -1.32. The molecule has 3 heterocycles. The number of terminal acetylenes is 1. The van der Waals surface area contributed by atoms with E-state index in [-0.39, 0.29) is 30.3 Å². The zero-order valence-electron chi connectivity index (χ0n) is 18.0. The number of fused-ring (bicyclic) bond motifs is 5. The fourth-order valence-corrected chi connectivity index (χ4v) is 6.00. The molecule has 33 heavy (non-hydrogen) atoms. The molecule has 3 aliphatic rings. The van der Waals surface area contributed by atoms with Crippen molar-refractivity contribution in [2.75, 3.05) is 16.3 Å². The Morgan fingerprint density at radius 1 is 0.939 bits per heavy atom. The van der Waals surface area contributed by atoms with Gasteiger partial charge in [-0.3, -0.25) is 24.6 Å². The van der Waals surface area contributed by atoms with Gasteiger partial charge in [0.1, 0.15) is 5.54 Å². The van der Waals surface area contributed by atoms with Crippen LogP contribution in [-0.2, 0) is 19.9 Å². The predicted molar refractivity (Wildman–Crippen MR) is 125 cm³/mol. The molecule has 3 aromatic rings. The molecule has 162 valence electrons. The molecule has 0 saturated carbocycles. The maximum Gasteiger partial charge on any atom is 0.253 e. The number of hydrogen-bond donors (Lipinski definition) is 1. The SMILES string of the molecule is C#CCN1C(=O)[C@]2(N[C@H](C)[C@H]3C(=O)N(c4cccc5ccccc45)C(=O)[C@@H]32)c2ccccc21. The predicted octanol–water partition coefficient (Wildman–Crippen LogP) is 2.81. The van der Waals surface area contributed by atoms with E-state index in [4.69, 9.17) is 6.42 Å². The van der Waals surface area contributed by atoms with Crippen LogP contribution >= 0.6 is 0 Å². The van der Waals surface area contributed by atoms with Gasteiger partial charge in [-0.25, -0.2) is 4.90 Å². The van der Waals surface area contributed by atoms with Crippen molar-refractivity contribution < 1.29 is 14.4 Å². The lowest BCUT2D eigenvalue weighted by molar-refractivity contribution is -0.132. The van der Waals surface area contributed by atoms with E-state index in [1.54, 1.807) is 6.07 Å². The van der Waals surface area contributed by atoms with Crippen LogP contribution in [0.15, 0.2) is 66.7 Å². The number of nitrogens with one attached hydrogen (secondary N) is 1. The van der Waals surface area contributed by atoms with E-state index in [2.05, 4.69) is 11.2 Å². The molecule has 3 aromatic carbocycles. The Kier molecular flexibility index (Phi) is 4.05. The normalized spacial score (nSPS) is 28.0. The molecule has 1 N–H and O–H groups in total. The second-order valence-electron chi connectivity index (χ2n) is 8.87. The van der Waals surface area contributed by atoms with Crippen LogP contribution in [0.3, 0.4) is 0 Å². The molecule has 6 nitrogen and oxygen atoms in total. The van der Waals surface area contributed by atoms with Gasteiger partial charge in [-0.15, -0.1) is 6.42 Å². The smallest absolute Gasteiger partial charge is 0.253 e. The Labute approximate surface area is 191 Å². The summed E-state index contributed by atoms with van der Waals surface area (Å²) in [4.78, 5) is 44.4. The lowest BCUT2D eigenvalue weighted by atomic mass is 9.76. The Hall–Kier alpha value is -3.95. The number of amides is 3. The van der Waals surface area contributed by atoms with Gasteiger partial charge in [0.2, 0.25) is 11.8 Å². The van der Waals surface area contributed by atoms with Crippen LogP contribution in [0.4, 0.5) is 11.4 Å². The molecule has 0 bridgehead atoms. The first-order chi connectivity index (χ1) is 16.0. The van der Waals surface area contributed by atoms with Gasteiger partial charge in [-0.1, -0.05) is 60.5 Å².